The van der Waals surface area contributed by atoms with Gasteiger partial charge in [-0.25, -0.2) is 0 Å². The van der Waals surface area contributed by atoms with E-state index in [9.17, 15) is 30.0 Å². The number of carbonyl (C=O) groups is 2. The highest BCUT2D eigenvalue weighted by Gasteiger charge is 2.44. The van der Waals surface area contributed by atoms with Crippen molar-refractivity contribution in [1.82, 2.24) is 0 Å². The lowest BCUT2D eigenvalue weighted by atomic mass is 9.99. The fourth-order valence-electron chi connectivity index (χ4n) is 7.71. The highest BCUT2D eigenvalue weighted by Crippen LogP contribution is 2.23. The van der Waals surface area contributed by atoms with Gasteiger partial charge in [-0.15, -0.1) is 0 Å². The minimum absolute atomic E-state index is 0.215. The SMILES string of the molecule is CCCCCCC/C=C\CCCCCCCC(=O)OC(COC(=O)CCCCCCCCCCCCCCCCCCCCCC)COC1OC(CO)C(O)C(O)C1O. The molecule has 0 aromatic carbocycles. The van der Waals surface area contributed by atoms with Gasteiger partial charge in [0.25, 0.3) is 0 Å². The molecule has 348 valence electrons. The van der Waals surface area contributed by atoms with E-state index in [2.05, 4.69) is 26.0 Å². The van der Waals surface area contributed by atoms with Crippen molar-refractivity contribution >= 4 is 11.9 Å². The number of carbonyl (C=O) groups excluding carboxylic acids is 2. The molecule has 1 heterocycles. The van der Waals surface area contributed by atoms with Crippen LogP contribution in [0.3, 0.4) is 0 Å². The van der Waals surface area contributed by atoms with Crippen molar-refractivity contribution in [3.63, 3.8) is 0 Å². The quantitative estimate of drug-likeness (QED) is 0.0265. The lowest BCUT2D eigenvalue weighted by Gasteiger charge is -2.39. The van der Waals surface area contributed by atoms with Crippen LogP contribution in [0.2, 0.25) is 0 Å². The Morgan fingerprint density at radius 3 is 1.32 bits per heavy atom. The molecule has 59 heavy (non-hydrogen) atoms. The van der Waals surface area contributed by atoms with Gasteiger partial charge in [0.15, 0.2) is 12.4 Å². The van der Waals surface area contributed by atoms with Crippen molar-refractivity contribution in [1.29, 1.82) is 0 Å². The highest BCUT2D eigenvalue weighted by molar-refractivity contribution is 5.70. The number of aliphatic hydroxyl groups excluding tert-OH is 4. The van der Waals surface area contributed by atoms with Gasteiger partial charge in [0.1, 0.15) is 31.0 Å². The molecule has 1 saturated heterocycles. The molecular formula is C49H92O10. The Balaban J connectivity index is 2.25. The lowest BCUT2D eigenvalue weighted by Crippen LogP contribution is -2.59. The van der Waals surface area contributed by atoms with Crippen LogP contribution in [0, 0.1) is 0 Å². The van der Waals surface area contributed by atoms with Gasteiger partial charge >= 0.3 is 11.9 Å². The Kier molecular flexibility index (Phi) is 38.1. The number of aliphatic hydroxyl groups is 4. The van der Waals surface area contributed by atoms with Gasteiger partial charge in [0, 0.05) is 12.8 Å². The van der Waals surface area contributed by atoms with Crippen LogP contribution < -0.4 is 0 Å². The summed E-state index contributed by atoms with van der Waals surface area (Å²) in [7, 11) is 0. The Labute approximate surface area is 361 Å². The molecule has 0 amide bonds. The standard InChI is InChI=1S/C49H92O10/c1-3-5-7-9-11-13-15-17-19-20-21-22-23-24-26-27-29-31-33-35-37-44(51)56-40-42(41-57-49-48(55)47(54)46(53)43(39-50)59-49)58-45(52)38-36-34-32-30-28-25-18-16-14-12-10-8-6-4-2/h16,18,42-43,46-50,53-55H,3-15,17,19-41H2,1-2H3/b18-16-. The van der Waals surface area contributed by atoms with Crippen LogP contribution >= 0.6 is 0 Å². The van der Waals surface area contributed by atoms with E-state index in [1.165, 1.54) is 148 Å². The number of rotatable bonds is 42. The van der Waals surface area contributed by atoms with Gasteiger partial charge in [-0.05, 0) is 38.5 Å². The second-order valence-corrected chi connectivity index (χ2v) is 17.3. The molecule has 4 N–H and O–H groups in total. The van der Waals surface area contributed by atoms with Crippen molar-refractivity contribution in [3.05, 3.63) is 12.2 Å². The Morgan fingerprint density at radius 2 is 0.898 bits per heavy atom. The van der Waals surface area contributed by atoms with E-state index in [1.807, 2.05) is 0 Å². The number of hydrogen-bond donors (Lipinski definition) is 4. The predicted octanol–water partition coefficient (Wildman–Crippen LogP) is 11.1. The summed E-state index contributed by atoms with van der Waals surface area (Å²) in [6.45, 7) is 3.44. The third-order valence-electron chi connectivity index (χ3n) is 11.7. The second kappa shape index (κ2) is 40.5. The van der Waals surface area contributed by atoms with Crippen molar-refractivity contribution in [2.45, 2.75) is 269 Å². The van der Waals surface area contributed by atoms with Gasteiger partial charge in [-0.1, -0.05) is 193 Å². The van der Waals surface area contributed by atoms with Crippen LogP contribution in [0.25, 0.3) is 0 Å². The number of allylic oxidation sites excluding steroid dienone is 2. The monoisotopic (exact) mass is 841 g/mol. The van der Waals surface area contributed by atoms with Crippen LogP contribution in [0.4, 0.5) is 0 Å². The van der Waals surface area contributed by atoms with E-state index in [1.54, 1.807) is 0 Å². The Morgan fingerprint density at radius 1 is 0.508 bits per heavy atom. The van der Waals surface area contributed by atoms with Crippen molar-refractivity contribution in [2.24, 2.45) is 0 Å². The summed E-state index contributed by atoms with van der Waals surface area (Å²) in [6.07, 6.45) is 36.5. The van der Waals surface area contributed by atoms with Gasteiger partial charge in [0.05, 0.1) is 13.2 Å². The number of unbranched alkanes of at least 4 members (excludes halogenated alkanes) is 29. The van der Waals surface area contributed by atoms with Gasteiger partial charge in [-0.2, -0.15) is 0 Å². The molecule has 1 rings (SSSR count). The molecule has 6 unspecified atom stereocenters. The average Bonchev–Trinajstić information content (AvgIpc) is 3.23. The lowest BCUT2D eigenvalue weighted by molar-refractivity contribution is -0.305. The predicted molar refractivity (Wildman–Crippen MR) is 238 cm³/mol. The zero-order valence-corrected chi connectivity index (χ0v) is 38.0. The van der Waals surface area contributed by atoms with E-state index >= 15 is 0 Å². The van der Waals surface area contributed by atoms with Crippen LogP contribution in [-0.4, -0.2) is 89.0 Å². The maximum atomic E-state index is 12.8. The molecule has 0 aromatic heterocycles. The van der Waals surface area contributed by atoms with E-state index in [0.717, 1.165) is 51.4 Å². The summed E-state index contributed by atoms with van der Waals surface area (Å²) in [5.41, 5.74) is 0. The van der Waals surface area contributed by atoms with Gasteiger partial charge in [0.2, 0.25) is 0 Å². The molecule has 0 spiro atoms. The maximum Gasteiger partial charge on any atom is 0.306 e. The average molecular weight is 841 g/mol. The molecule has 0 radical (unpaired) electrons. The molecule has 0 bridgehead atoms. The van der Waals surface area contributed by atoms with Crippen LogP contribution in [0.15, 0.2) is 12.2 Å². The van der Waals surface area contributed by atoms with E-state index in [-0.39, 0.29) is 32.0 Å². The molecule has 10 heteroatoms. The van der Waals surface area contributed by atoms with Crippen molar-refractivity contribution < 1.29 is 49.0 Å². The zero-order chi connectivity index (χ0) is 43.0. The van der Waals surface area contributed by atoms with Gasteiger partial charge in [-0.3, -0.25) is 9.59 Å². The third-order valence-corrected chi connectivity index (χ3v) is 11.7. The molecule has 1 aliphatic rings. The Bertz CT molecular complexity index is 974. The maximum absolute atomic E-state index is 12.8. The van der Waals surface area contributed by atoms with Crippen LogP contribution in [0.1, 0.15) is 232 Å². The largest absolute Gasteiger partial charge is 0.462 e. The molecule has 0 aromatic rings. The topological polar surface area (TPSA) is 152 Å². The van der Waals surface area contributed by atoms with Crippen molar-refractivity contribution in [2.75, 3.05) is 19.8 Å². The summed E-state index contributed by atoms with van der Waals surface area (Å²) < 4.78 is 22.2. The minimum atomic E-state index is -1.59. The van der Waals surface area contributed by atoms with Crippen molar-refractivity contribution in [3.8, 4) is 0 Å². The fraction of sp³-hybridized carbons (Fsp3) is 0.918. The normalized spacial score (nSPS) is 20.0. The number of hydrogen-bond acceptors (Lipinski definition) is 10. The van der Waals surface area contributed by atoms with E-state index < -0.39 is 49.4 Å². The van der Waals surface area contributed by atoms with E-state index in [4.69, 9.17) is 18.9 Å². The third kappa shape index (κ3) is 31.9. The molecule has 0 aliphatic carbocycles. The minimum Gasteiger partial charge on any atom is -0.462 e. The second-order valence-electron chi connectivity index (χ2n) is 17.3. The first-order valence-electron chi connectivity index (χ1n) is 24.8. The molecular weight excluding hydrogens is 749 g/mol. The Hall–Kier alpha value is -1.56. The van der Waals surface area contributed by atoms with Crippen LogP contribution in [0.5, 0.6) is 0 Å². The first-order valence-corrected chi connectivity index (χ1v) is 24.8. The first-order chi connectivity index (χ1) is 28.8. The zero-order valence-electron chi connectivity index (χ0n) is 38.0. The number of ether oxygens (including phenoxy) is 4. The van der Waals surface area contributed by atoms with Gasteiger partial charge < -0.3 is 39.4 Å². The molecule has 0 saturated carbocycles. The smallest absolute Gasteiger partial charge is 0.306 e. The van der Waals surface area contributed by atoms with Crippen LogP contribution in [-0.2, 0) is 28.5 Å². The summed E-state index contributed by atoms with van der Waals surface area (Å²) in [6, 6.07) is 0. The summed E-state index contributed by atoms with van der Waals surface area (Å²) >= 11 is 0. The molecule has 6 atom stereocenters. The number of esters is 2. The fourth-order valence-corrected chi connectivity index (χ4v) is 7.71. The molecule has 1 aliphatic heterocycles. The highest BCUT2D eigenvalue weighted by atomic mass is 16.7. The summed E-state index contributed by atoms with van der Waals surface area (Å²) in [5.74, 6) is -0.803. The molecule has 10 nitrogen and oxygen atoms in total. The van der Waals surface area contributed by atoms with E-state index in [0.29, 0.717) is 6.42 Å². The summed E-state index contributed by atoms with van der Waals surface area (Å²) in [4.78, 5) is 25.4. The molecule has 1 fully saturated rings. The summed E-state index contributed by atoms with van der Waals surface area (Å²) in [5, 5.41) is 40.1. The first kappa shape index (κ1) is 55.5.